The molecule has 7 heavy (non-hydrogen) atoms. The molecular weight excluding hydrogens is 225 g/mol. The Balaban J connectivity index is 3.35. The zero-order chi connectivity index (χ0) is 5.86. The summed E-state index contributed by atoms with van der Waals surface area (Å²) in [6.07, 6.45) is 0. The molecule has 0 atom stereocenters. The van der Waals surface area contributed by atoms with Crippen LogP contribution < -0.4 is 0 Å². The number of carbonyl (C=O) groups is 1. The second-order valence-electron chi connectivity index (χ2n) is 1.24. The SMILES string of the molecule is CN(C)C(=O)SI. The molecule has 0 aromatic carbocycles. The Hall–Kier alpha value is 0.550. The van der Waals surface area contributed by atoms with Crippen molar-refractivity contribution in [2.45, 2.75) is 0 Å². The second kappa shape index (κ2) is 3.54. The molecule has 0 aliphatic heterocycles. The highest BCUT2D eigenvalue weighted by atomic mass is 127. The molecule has 0 aromatic rings. The Kier molecular flexibility index (Phi) is 3.82. The summed E-state index contributed by atoms with van der Waals surface area (Å²) in [5.74, 6) is 0. The summed E-state index contributed by atoms with van der Waals surface area (Å²) in [6.45, 7) is 0. The number of halogens is 1. The van der Waals surface area contributed by atoms with Crippen LogP contribution in [0.2, 0.25) is 0 Å². The van der Waals surface area contributed by atoms with Crippen LogP contribution in [0.15, 0.2) is 0 Å². The number of rotatable bonds is 0. The summed E-state index contributed by atoms with van der Waals surface area (Å²) in [6, 6.07) is 0. The van der Waals surface area contributed by atoms with Crippen molar-refractivity contribution in [1.82, 2.24) is 4.90 Å². The second-order valence-corrected chi connectivity index (χ2v) is 3.06. The average molecular weight is 231 g/mol. The number of amides is 1. The van der Waals surface area contributed by atoms with Crippen molar-refractivity contribution in [3.63, 3.8) is 0 Å². The maximum atomic E-state index is 10.4. The summed E-state index contributed by atoms with van der Waals surface area (Å²) in [4.78, 5) is 11.9. The summed E-state index contributed by atoms with van der Waals surface area (Å²) >= 11 is 1.95. The molecule has 0 aromatic heterocycles. The summed E-state index contributed by atoms with van der Waals surface area (Å²) in [7, 11) is 4.65. The van der Waals surface area contributed by atoms with E-state index in [0.29, 0.717) is 0 Å². The van der Waals surface area contributed by atoms with E-state index in [1.807, 2.05) is 21.2 Å². The molecule has 0 saturated heterocycles. The smallest absolute Gasteiger partial charge is 0.291 e. The van der Waals surface area contributed by atoms with Crippen LogP contribution in [0.25, 0.3) is 0 Å². The number of hydrogen-bond donors (Lipinski definition) is 0. The monoisotopic (exact) mass is 231 g/mol. The normalized spacial score (nSPS) is 8.43. The van der Waals surface area contributed by atoms with Gasteiger partial charge in [0, 0.05) is 44.2 Å². The molecule has 0 spiro atoms. The summed E-state index contributed by atoms with van der Waals surface area (Å²) in [5.41, 5.74) is 0. The quantitative estimate of drug-likeness (QED) is 0.592. The summed E-state index contributed by atoms with van der Waals surface area (Å²) < 4.78 is 0. The first-order valence-corrected chi connectivity index (χ1v) is 5.04. The van der Waals surface area contributed by atoms with Gasteiger partial charge in [0.1, 0.15) is 0 Å². The van der Waals surface area contributed by atoms with E-state index < -0.39 is 0 Å². The van der Waals surface area contributed by atoms with Crippen LogP contribution in [0.1, 0.15) is 0 Å². The number of hydrogen-bond acceptors (Lipinski definition) is 2. The molecular formula is C3H6INOS. The Bertz CT molecular complexity index is 75.3. The van der Waals surface area contributed by atoms with Gasteiger partial charge in [-0.15, -0.1) is 0 Å². The molecule has 0 unspecified atom stereocenters. The predicted molar refractivity (Wildman–Crippen MR) is 40.7 cm³/mol. The van der Waals surface area contributed by atoms with Crippen LogP contribution >= 0.6 is 30.1 Å². The van der Waals surface area contributed by atoms with Gasteiger partial charge in [0.15, 0.2) is 0 Å². The molecule has 0 aliphatic carbocycles. The van der Waals surface area contributed by atoms with Crippen molar-refractivity contribution in [3.05, 3.63) is 0 Å². The lowest BCUT2D eigenvalue weighted by atomic mass is 11.0. The lowest BCUT2D eigenvalue weighted by Crippen LogP contribution is -2.14. The molecule has 4 heteroatoms. The molecule has 0 fully saturated rings. The van der Waals surface area contributed by atoms with E-state index in [1.54, 1.807) is 14.1 Å². The maximum Gasteiger partial charge on any atom is 0.291 e. The molecule has 0 radical (unpaired) electrons. The Labute approximate surface area is 59.2 Å². The molecule has 0 heterocycles. The van der Waals surface area contributed by atoms with Gasteiger partial charge in [0.25, 0.3) is 5.24 Å². The fourth-order valence-electron chi connectivity index (χ4n) is 0.0690. The Morgan fingerprint density at radius 1 is 1.71 bits per heavy atom. The van der Waals surface area contributed by atoms with Gasteiger partial charge < -0.3 is 4.90 Å². The first-order chi connectivity index (χ1) is 3.18. The minimum Gasteiger partial charge on any atom is -0.339 e. The van der Waals surface area contributed by atoms with E-state index in [2.05, 4.69) is 0 Å². The zero-order valence-corrected chi connectivity index (χ0v) is 7.12. The van der Waals surface area contributed by atoms with Crippen molar-refractivity contribution in [3.8, 4) is 0 Å². The fourth-order valence-corrected chi connectivity index (χ4v) is 1.39. The van der Waals surface area contributed by atoms with Gasteiger partial charge >= 0.3 is 0 Å². The average Bonchev–Trinajstić information content (AvgIpc) is 1.65. The van der Waals surface area contributed by atoms with Crippen molar-refractivity contribution in [1.29, 1.82) is 0 Å². The standard InChI is InChI=1S/C3H6INOS/c1-5(2)3(6)7-4/h1-2H3. The van der Waals surface area contributed by atoms with Gasteiger partial charge in [-0.3, -0.25) is 4.79 Å². The third-order valence-corrected chi connectivity index (χ3v) is 2.06. The van der Waals surface area contributed by atoms with Crippen molar-refractivity contribution in [2.24, 2.45) is 0 Å². The first-order valence-electron chi connectivity index (χ1n) is 1.68. The largest absolute Gasteiger partial charge is 0.339 e. The minimum atomic E-state index is 0.0839. The van der Waals surface area contributed by atoms with E-state index in [1.165, 1.54) is 13.8 Å². The third-order valence-electron chi connectivity index (χ3n) is 0.431. The van der Waals surface area contributed by atoms with E-state index in [4.69, 9.17) is 0 Å². The van der Waals surface area contributed by atoms with E-state index in [0.717, 1.165) is 0 Å². The first kappa shape index (κ1) is 7.55. The van der Waals surface area contributed by atoms with Crippen molar-refractivity contribution >= 4 is 35.4 Å². The van der Waals surface area contributed by atoms with E-state index in [-0.39, 0.29) is 5.24 Å². The maximum absolute atomic E-state index is 10.4. The molecule has 0 aliphatic rings. The zero-order valence-electron chi connectivity index (χ0n) is 4.14. The molecule has 42 valence electrons. The van der Waals surface area contributed by atoms with Crippen molar-refractivity contribution < 1.29 is 4.79 Å². The van der Waals surface area contributed by atoms with Crippen molar-refractivity contribution in [2.75, 3.05) is 14.1 Å². The van der Waals surface area contributed by atoms with Crippen LogP contribution in [-0.2, 0) is 0 Å². The lowest BCUT2D eigenvalue weighted by molar-refractivity contribution is 0.241. The van der Waals surface area contributed by atoms with Crippen LogP contribution in [0.4, 0.5) is 4.79 Å². The number of nitrogens with zero attached hydrogens (tertiary/aromatic N) is 1. The van der Waals surface area contributed by atoms with Gasteiger partial charge in [0.05, 0.1) is 0 Å². The molecule has 0 N–H and O–H groups in total. The molecule has 0 bridgehead atoms. The van der Waals surface area contributed by atoms with Gasteiger partial charge in [-0.25, -0.2) is 0 Å². The topological polar surface area (TPSA) is 20.3 Å². The molecule has 0 saturated carbocycles. The van der Waals surface area contributed by atoms with Crippen LogP contribution in [-0.4, -0.2) is 24.2 Å². The van der Waals surface area contributed by atoms with Gasteiger partial charge in [-0.2, -0.15) is 0 Å². The highest BCUT2D eigenvalue weighted by Gasteiger charge is 1.98. The highest BCUT2D eigenvalue weighted by molar-refractivity contribution is 14.2. The fraction of sp³-hybridized carbons (Fsp3) is 0.667. The van der Waals surface area contributed by atoms with Gasteiger partial charge in [-0.05, 0) is 0 Å². The Morgan fingerprint density at radius 2 is 2.14 bits per heavy atom. The van der Waals surface area contributed by atoms with E-state index in [9.17, 15) is 4.79 Å². The Morgan fingerprint density at radius 3 is 2.14 bits per heavy atom. The van der Waals surface area contributed by atoms with Gasteiger partial charge in [-0.1, -0.05) is 0 Å². The van der Waals surface area contributed by atoms with Gasteiger partial charge in [0.2, 0.25) is 0 Å². The molecule has 2 nitrogen and oxygen atoms in total. The minimum absolute atomic E-state index is 0.0839. The highest BCUT2D eigenvalue weighted by Crippen LogP contribution is 2.13. The molecule has 1 amide bonds. The predicted octanol–water partition coefficient (Wildman–Crippen LogP) is 1.75. The third kappa shape index (κ3) is 3.16. The van der Waals surface area contributed by atoms with Crippen LogP contribution in [0, 0.1) is 0 Å². The summed E-state index contributed by atoms with van der Waals surface area (Å²) in [5, 5.41) is 0.0839. The van der Waals surface area contributed by atoms with Crippen LogP contribution in [0.3, 0.4) is 0 Å². The van der Waals surface area contributed by atoms with E-state index >= 15 is 0 Å². The molecule has 0 rings (SSSR count). The van der Waals surface area contributed by atoms with Crippen LogP contribution in [0.5, 0.6) is 0 Å². The lowest BCUT2D eigenvalue weighted by Gasteiger charge is -2.03. The number of carbonyl (C=O) groups excluding carboxylic acids is 1.